The van der Waals surface area contributed by atoms with Crippen molar-refractivity contribution in [2.75, 3.05) is 13.2 Å². The Kier molecular flexibility index (Phi) is 6.38. The molecule has 1 amide bonds. The number of benzene rings is 1. The van der Waals surface area contributed by atoms with E-state index < -0.39 is 0 Å². The largest absolute Gasteiger partial charge is 0.491 e. The third kappa shape index (κ3) is 4.68. The molecular formula is C17H20ClN3O2. The lowest BCUT2D eigenvalue weighted by Gasteiger charge is -2.18. The first-order valence-corrected chi connectivity index (χ1v) is 7.86. The van der Waals surface area contributed by atoms with Gasteiger partial charge in [0.25, 0.3) is 5.91 Å². The van der Waals surface area contributed by atoms with Gasteiger partial charge in [0.15, 0.2) is 0 Å². The van der Waals surface area contributed by atoms with E-state index in [9.17, 15) is 4.79 Å². The second kappa shape index (κ2) is 8.50. The molecule has 0 spiro atoms. The Balaban J connectivity index is 2.20. The maximum absolute atomic E-state index is 12.6. The number of rotatable bonds is 7. The van der Waals surface area contributed by atoms with Crippen molar-refractivity contribution < 1.29 is 9.53 Å². The number of hydrogen-bond acceptors (Lipinski definition) is 4. The summed E-state index contributed by atoms with van der Waals surface area (Å²) < 4.78 is 5.53. The number of ether oxygens (including phenoxy) is 1. The van der Waals surface area contributed by atoms with E-state index in [-0.39, 0.29) is 11.9 Å². The quantitative estimate of drug-likeness (QED) is 0.816. The molecule has 1 aromatic heterocycles. The molecule has 0 aliphatic rings. The van der Waals surface area contributed by atoms with Gasteiger partial charge in [-0.2, -0.15) is 0 Å². The van der Waals surface area contributed by atoms with Crippen LogP contribution in [0.1, 0.15) is 35.3 Å². The normalized spacial score (nSPS) is 11.8. The van der Waals surface area contributed by atoms with E-state index in [1.807, 2.05) is 19.1 Å². The highest BCUT2D eigenvalue weighted by molar-refractivity contribution is 6.31. The molecule has 0 saturated carbocycles. The molecule has 6 heteroatoms. The van der Waals surface area contributed by atoms with Crippen LogP contribution in [0.25, 0.3) is 0 Å². The number of carbonyl (C=O) groups excluding carboxylic acids is 1. The molecular weight excluding hydrogens is 314 g/mol. The van der Waals surface area contributed by atoms with Crippen molar-refractivity contribution in [3.8, 4) is 5.75 Å². The van der Waals surface area contributed by atoms with Crippen LogP contribution in [-0.2, 0) is 0 Å². The van der Waals surface area contributed by atoms with Crippen molar-refractivity contribution in [3.63, 3.8) is 0 Å². The van der Waals surface area contributed by atoms with Crippen LogP contribution in [0.3, 0.4) is 0 Å². The van der Waals surface area contributed by atoms with Gasteiger partial charge in [0.05, 0.1) is 11.6 Å². The van der Waals surface area contributed by atoms with E-state index in [0.717, 1.165) is 12.0 Å². The minimum absolute atomic E-state index is 0.105. The standard InChI is InChI=1S/C17H20ClN3O2/c1-2-15(12-5-8-20-9-6-12)21-17(22)14-11-13(18)3-4-16(14)23-10-7-19/h3-6,8-9,11,15H,2,7,10,19H2,1H3,(H,21,22)/t15-/m0/s1. The molecule has 0 saturated heterocycles. The van der Waals surface area contributed by atoms with Crippen LogP contribution in [0.2, 0.25) is 5.02 Å². The van der Waals surface area contributed by atoms with Crippen molar-refractivity contribution in [2.45, 2.75) is 19.4 Å². The van der Waals surface area contributed by atoms with Gasteiger partial charge in [-0.3, -0.25) is 9.78 Å². The van der Waals surface area contributed by atoms with E-state index in [2.05, 4.69) is 10.3 Å². The molecule has 5 nitrogen and oxygen atoms in total. The predicted molar refractivity (Wildman–Crippen MR) is 90.7 cm³/mol. The van der Waals surface area contributed by atoms with Crippen molar-refractivity contribution >= 4 is 17.5 Å². The summed E-state index contributed by atoms with van der Waals surface area (Å²) in [6.45, 7) is 2.72. The Bertz CT molecular complexity index is 650. The highest BCUT2D eigenvalue weighted by Gasteiger charge is 2.18. The summed E-state index contributed by atoms with van der Waals surface area (Å²) in [5, 5.41) is 3.49. The molecule has 0 aliphatic heterocycles. The van der Waals surface area contributed by atoms with Gasteiger partial charge in [0, 0.05) is 24.0 Å². The van der Waals surface area contributed by atoms with Gasteiger partial charge >= 0.3 is 0 Å². The number of carbonyl (C=O) groups is 1. The minimum Gasteiger partial charge on any atom is -0.491 e. The molecule has 0 fully saturated rings. The van der Waals surface area contributed by atoms with Crippen molar-refractivity contribution in [3.05, 3.63) is 58.9 Å². The van der Waals surface area contributed by atoms with Crippen LogP contribution in [0.4, 0.5) is 0 Å². The fraction of sp³-hybridized carbons (Fsp3) is 0.294. The smallest absolute Gasteiger partial charge is 0.255 e. The fourth-order valence-electron chi connectivity index (χ4n) is 2.23. The average Bonchev–Trinajstić information content (AvgIpc) is 2.59. The minimum atomic E-state index is -0.233. The van der Waals surface area contributed by atoms with Crippen molar-refractivity contribution in [1.29, 1.82) is 0 Å². The Labute approximate surface area is 140 Å². The van der Waals surface area contributed by atoms with Crippen LogP contribution in [0.15, 0.2) is 42.7 Å². The second-order valence-corrected chi connectivity index (χ2v) is 5.43. The summed E-state index contributed by atoms with van der Waals surface area (Å²) in [7, 11) is 0. The van der Waals surface area contributed by atoms with Crippen LogP contribution < -0.4 is 15.8 Å². The van der Waals surface area contributed by atoms with Crippen LogP contribution in [-0.4, -0.2) is 24.0 Å². The number of nitrogens with one attached hydrogen (secondary N) is 1. The first kappa shape index (κ1) is 17.2. The maximum atomic E-state index is 12.6. The van der Waals surface area contributed by atoms with Crippen LogP contribution >= 0.6 is 11.6 Å². The van der Waals surface area contributed by atoms with Gasteiger partial charge < -0.3 is 15.8 Å². The van der Waals surface area contributed by atoms with Crippen LogP contribution in [0, 0.1) is 0 Å². The highest BCUT2D eigenvalue weighted by Crippen LogP contribution is 2.24. The number of hydrogen-bond donors (Lipinski definition) is 2. The lowest BCUT2D eigenvalue weighted by molar-refractivity contribution is 0.0931. The number of aromatic nitrogens is 1. The van der Waals surface area contributed by atoms with Gasteiger partial charge in [-0.05, 0) is 42.3 Å². The first-order chi connectivity index (χ1) is 11.2. The number of nitrogens with two attached hydrogens (primary N) is 1. The molecule has 2 aromatic rings. The molecule has 122 valence electrons. The van der Waals surface area contributed by atoms with E-state index in [1.165, 1.54) is 0 Å². The zero-order valence-electron chi connectivity index (χ0n) is 13.0. The van der Waals surface area contributed by atoms with E-state index in [1.54, 1.807) is 30.6 Å². The summed E-state index contributed by atoms with van der Waals surface area (Å²) in [6.07, 6.45) is 4.17. The molecule has 3 N–H and O–H groups in total. The SMILES string of the molecule is CC[C@H](NC(=O)c1cc(Cl)ccc1OCCN)c1ccncc1. The molecule has 23 heavy (non-hydrogen) atoms. The molecule has 0 bridgehead atoms. The third-order valence-corrected chi connectivity index (χ3v) is 3.62. The molecule has 0 unspecified atom stereocenters. The summed E-state index contributed by atoms with van der Waals surface area (Å²) >= 11 is 6.01. The highest BCUT2D eigenvalue weighted by atomic mass is 35.5. The van der Waals surface area contributed by atoms with Gasteiger partial charge in [-0.1, -0.05) is 18.5 Å². The van der Waals surface area contributed by atoms with Gasteiger partial charge in [0.1, 0.15) is 12.4 Å². The lowest BCUT2D eigenvalue weighted by Crippen LogP contribution is -2.28. The Morgan fingerprint density at radius 3 is 2.74 bits per heavy atom. The summed E-state index contributed by atoms with van der Waals surface area (Å²) in [4.78, 5) is 16.6. The Morgan fingerprint density at radius 1 is 1.35 bits per heavy atom. The fourth-order valence-corrected chi connectivity index (χ4v) is 2.40. The van der Waals surface area contributed by atoms with Crippen LogP contribution in [0.5, 0.6) is 5.75 Å². The zero-order chi connectivity index (χ0) is 16.7. The van der Waals surface area contributed by atoms with E-state index in [0.29, 0.717) is 29.5 Å². The molecule has 1 atom stereocenters. The molecule has 0 radical (unpaired) electrons. The van der Waals surface area contributed by atoms with E-state index >= 15 is 0 Å². The number of amides is 1. The van der Waals surface area contributed by atoms with Gasteiger partial charge in [-0.25, -0.2) is 0 Å². The second-order valence-electron chi connectivity index (χ2n) is 4.99. The Hall–Kier alpha value is -2.11. The summed E-state index contributed by atoms with van der Waals surface area (Å²) in [5.74, 6) is 0.241. The third-order valence-electron chi connectivity index (χ3n) is 3.38. The lowest BCUT2D eigenvalue weighted by atomic mass is 10.1. The summed E-state index contributed by atoms with van der Waals surface area (Å²) in [6, 6.07) is 8.63. The number of halogens is 1. The topological polar surface area (TPSA) is 77.2 Å². The zero-order valence-corrected chi connectivity index (χ0v) is 13.7. The van der Waals surface area contributed by atoms with Crippen molar-refractivity contribution in [1.82, 2.24) is 10.3 Å². The molecule has 2 rings (SSSR count). The monoisotopic (exact) mass is 333 g/mol. The predicted octanol–water partition coefficient (Wildman–Crippen LogP) is 2.95. The first-order valence-electron chi connectivity index (χ1n) is 7.49. The average molecular weight is 334 g/mol. The van der Waals surface area contributed by atoms with Gasteiger partial charge in [-0.15, -0.1) is 0 Å². The van der Waals surface area contributed by atoms with Gasteiger partial charge in [0.2, 0.25) is 0 Å². The number of pyridine rings is 1. The summed E-state index contributed by atoms with van der Waals surface area (Å²) in [5.41, 5.74) is 6.86. The molecule has 1 aromatic carbocycles. The number of nitrogens with zero attached hydrogens (tertiary/aromatic N) is 1. The Morgan fingerprint density at radius 2 is 2.09 bits per heavy atom. The maximum Gasteiger partial charge on any atom is 0.255 e. The molecule has 1 heterocycles. The van der Waals surface area contributed by atoms with E-state index in [4.69, 9.17) is 22.1 Å². The van der Waals surface area contributed by atoms with Crippen molar-refractivity contribution in [2.24, 2.45) is 5.73 Å². The molecule has 0 aliphatic carbocycles.